The fraction of sp³-hybridized carbons (Fsp3) is 0.778. The van der Waals surface area contributed by atoms with Gasteiger partial charge in [0.05, 0.1) is 5.92 Å². The van der Waals surface area contributed by atoms with E-state index in [2.05, 4.69) is 16.8 Å². The molecule has 66 valence electrons. The van der Waals surface area contributed by atoms with Gasteiger partial charge in [-0.2, -0.15) is 0 Å². The molecule has 3 nitrogen and oxygen atoms in total. The van der Waals surface area contributed by atoms with Gasteiger partial charge >= 0.3 is 0 Å². The second-order valence-corrected chi connectivity index (χ2v) is 3.81. The number of fused-ring (bicyclic) bond motifs is 1. The van der Waals surface area contributed by atoms with Crippen LogP contribution in [0.25, 0.3) is 0 Å². The molecule has 0 aromatic rings. The summed E-state index contributed by atoms with van der Waals surface area (Å²) in [5.41, 5.74) is 0. The molecule has 2 atom stereocenters. The molecule has 1 amide bonds. The highest BCUT2D eigenvalue weighted by Crippen LogP contribution is 2.24. The predicted molar refractivity (Wildman–Crippen MR) is 47.0 cm³/mol. The average molecular weight is 166 g/mol. The molecule has 0 aliphatic carbocycles. The predicted octanol–water partition coefficient (Wildman–Crippen LogP) is 1.05. The minimum atomic E-state index is 0.0651. The molecule has 2 heterocycles. The van der Waals surface area contributed by atoms with Crippen molar-refractivity contribution in [2.75, 3.05) is 6.54 Å². The van der Waals surface area contributed by atoms with Gasteiger partial charge in [-0.1, -0.05) is 6.92 Å². The van der Waals surface area contributed by atoms with Gasteiger partial charge in [-0.15, -0.1) is 0 Å². The van der Waals surface area contributed by atoms with Gasteiger partial charge in [0.15, 0.2) is 0 Å². The number of aliphatic imine (C=N–C) groups is 1. The summed E-state index contributed by atoms with van der Waals surface area (Å²) in [6.45, 7) is 5.03. The Balaban J connectivity index is 2.26. The third kappa shape index (κ3) is 1.04. The van der Waals surface area contributed by atoms with Gasteiger partial charge in [-0.25, -0.2) is 4.99 Å². The van der Waals surface area contributed by atoms with E-state index in [-0.39, 0.29) is 11.8 Å². The third-order valence-corrected chi connectivity index (χ3v) is 2.78. The summed E-state index contributed by atoms with van der Waals surface area (Å²) in [5, 5.41) is 0. The molecular formula is C9H14N2O. The first-order valence-electron chi connectivity index (χ1n) is 4.56. The molecule has 2 aliphatic heterocycles. The standard InChI is InChI=1S/C9H14N2O/c1-6-5-11-7(2)3-4-8(11)10-9(6)12/h6-7H,3-5H2,1-2H3. The van der Waals surface area contributed by atoms with Gasteiger partial charge in [0.1, 0.15) is 5.84 Å². The van der Waals surface area contributed by atoms with Crippen LogP contribution in [0.5, 0.6) is 0 Å². The van der Waals surface area contributed by atoms with Crippen molar-refractivity contribution in [2.24, 2.45) is 10.9 Å². The van der Waals surface area contributed by atoms with E-state index in [0.717, 1.165) is 25.2 Å². The molecule has 0 saturated carbocycles. The van der Waals surface area contributed by atoms with Crippen LogP contribution in [0.4, 0.5) is 0 Å². The van der Waals surface area contributed by atoms with Gasteiger partial charge in [-0.3, -0.25) is 4.79 Å². The first-order chi connectivity index (χ1) is 5.68. The molecular weight excluding hydrogens is 152 g/mol. The summed E-state index contributed by atoms with van der Waals surface area (Å²) in [7, 11) is 0. The molecule has 1 fully saturated rings. The Morgan fingerprint density at radius 2 is 2.25 bits per heavy atom. The summed E-state index contributed by atoms with van der Waals surface area (Å²) in [6, 6.07) is 0.583. The van der Waals surface area contributed by atoms with Crippen molar-refractivity contribution < 1.29 is 4.79 Å². The number of amides is 1. The summed E-state index contributed by atoms with van der Waals surface area (Å²) in [4.78, 5) is 17.6. The van der Waals surface area contributed by atoms with E-state index in [1.807, 2.05) is 6.92 Å². The van der Waals surface area contributed by atoms with Gasteiger partial charge in [0, 0.05) is 19.0 Å². The van der Waals surface area contributed by atoms with Gasteiger partial charge < -0.3 is 4.90 Å². The minimum Gasteiger partial charge on any atom is -0.356 e. The number of hydrogen-bond acceptors (Lipinski definition) is 2. The Kier molecular flexibility index (Phi) is 1.67. The van der Waals surface area contributed by atoms with Gasteiger partial charge in [0.2, 0.25) is 0 Å². The van der Waals surface area contributed by atoms with Crippen LogP contribution >= 0.6 is 0 Å². The zero-order chi connectivity index (χ0) is 8.72. The lowest BCUT2D eigenvalue weighted by Crippen LogP contribution is -2.41. The molecule has 0 spiro atoms. The van der Waals surface area contributed by atoms with Crippen LogP contribution in [0, 0.1) is 5.92 Å². The zero-order valence-electron chi connectivity index (χ0n) is 7.58. The molecule has 2 aliphatic rings. The van der Waals surface area contributed by atoms with Crippen LogP contribution in [-0.2, 0) is 4.79 Å². The van der Waals surface area contributed by atoms with Crippen molar-refractivity contribution in [2.45, 2.75) is 32.7 Å². The summed E-state index contributed by atoms with van der Waals surface area (Å²) in [6.07, 6.45) is 2.14. The highest BCUT2D eigenvalue weighted by atomic mass is 16.1. The summed E-state index contributed by atoms with van der Waals surface area (Å²) in [5.74, 6) is 1.18. The van der Waals surface area contributed by atoms with Gasteiger partial charge in [0.25, 0.3) is 5.91 Å². The fourth-order valence-electron chi connectivity index (χ4n) is 1.91. The number of rotatable bonds is 0. The molecule has 3 heteroatoms. The minimum absolute atomic E-state index is 0.0651. The fourth-order valence-corrected chi connectivity index (χ4v) is 1.91. The molecule has 2 rings (SSSR count). The monoisotopic (exact) mass is 166 g/mol. The molecule has 2 unspecified atom stereocenters. The maximum Gasteiger partial charge on any atom is 0.251 e. The van der Waals surface area contributed by atoms with E-state index in [0.29, 0.717) is 6.04 Å². The Morgan fingerprint density at radius 1 is 1.50 bits per heavy atom. The molecule has 0 bridgehead atoms. The van der Waals surface area contributed by atoms with E-state index in [4.69, 9.17) is 0 Å². The number of carbonyl (C=O) groups is 1. The lowest BCUT2D eigenvalue weighted by Gasteiger charge is -2.29. The van der Waals surface area contributed by atoms with Crippen molar-refractivity contribution in [1.82, 2.24) is 4.90 Å². The number of carbonyl (C=O) groups excluding carboxylic acids is 1. The lowest BCUT2D eigenvalue weighted by molar-refractivity contribution is -0.122. The maximum atomic E-state index is 11.2. The summed E-state index contributed by atoms with van der Waals surface area (Å²) < 4.78 is 0. The van der Waals surface area contributed by atoms with E-state index in [9.17, 15) is 4.79 Å². The smallest absolute Gasteiger partial charge is 0.251 e. The van der Waals surface area contributed by atoms with E-state index >= 15 is 0 Å². The number of nitrogens with zero attached hydrogens (tertiary/aromatic N) is 2. The molecule has 0 N–H and O–H groups in total. The Bertz CT molecular complexity index is 247. The SMILES string of the molecule is CC1CN2C(=NC1=O)CCC2C. The molecule has 0 aromatic carbocycles. The Morgan fingerprint density at radius 3 is 3.00 bits per heavy atom. The van der Waals surface area contributed by atoms with E-state index in [1.165, 1.54) is 0 Å². The first-order valence-corrected chi connectivity index (χ1v) is 4.56. The number of amidine groups is 1. The number of hydrogen-bond donors (Lipinski definition) is 0. The van der Waals surface area contributed by atoms with Crippen LogP contribution in [0.3, 0.4) is 0 Å². The normalized spacial score (nSPS) is 35.0. The van der Waals surface area contributed by atoms with Crippen LogP contribution in [-0.4, -0.2) is 29.2 Å². The van der Waals surface area contributed by atoms with Crippen molar-refractivity contribution in [3.63, 3.8) is 0 Å². The van der Waals surface area contributed by atoms with Crippen LogP contribution < -0.4 is 0 Å². The van der Waals surface area contributed by atoms with Crippen LogP contribution in [0.15, 0.2) is 4.99 Å². The van der Waals surface area contributed by atoms with Crippen molar-refractivity contribution in [3.8, 4) is 0 Å². The highest BCUT2D eigenvalue weighted by Gasteiger charge is 2.33. The van der Waals surface area contributed by atoms with Crippen molar-refractivity contribution in [3.05, 3.63) is 0 Å². The maximum absolute atomic E-state index is 11.2. The van der Waals surface area contributed by atoms with Crippen LogP contribution in [0.2, 0.25) is 0 Å². The average Bonchev–Trinajstić information content (AvgIpc) is 2.35. The largest absolute Gasteiger partial charge is 0.356 e. The quantitative estimate of drug-likeness (QED) is 0.538. The Labute approximate surface area is 72.5 Å². The Hall–Kier alpha value is -0.860. The first kappa shape index (κ1) is 7.77. The second-order valence-electron chi connectivity index (χ2n) is 3.81. The van der Waals surface area contributed by atoms with E-state index < -0.39 is 0 Å². The lowest BCUT2D eigenvalue weighted by atomic mass is 10.1. The second kappa shape index (κ2) is 2.57. The zero-order valence-corrected chi connectivity index (χ0v) is 7.58. The molecule has 12 heavy (non-hydrogen) atoms. The van der Waals surface area contributed by atoms with E-state index in [1.54, 1.807) is 0 Å². The highest BCUT2D eigenvalue weighted by molar-refractivity contribution is 5.98. The van der Waals surface area contributed by atoms with Crippen LogP contribution in [0.1, 0.15) is 26.7 Å². The topological polar surface area (TPSA) is 32.7 Å². The molecule has 0 aromatic heterocycles. The van der Waals surface area contributed by atoms with Crippen molar-refractivity contribution >= 4 is 11.7 Å². The van der Waals surface area contributed by atoms with Crippen molar-refractivity contribution in [1.29, 1.82) is 0 Å². The molecule has 1 saturated heterocycles. The summed E-state index contributed by atoms with van der Waals surface area (Å²) >= 11 is 0. The molecule has 0 radical (unpaired) electrons. The van der Waals surface area contributed by atoms with Gasteiger partial charge in [-0.05, 0) is 13.3 Å². The third-order valence-electron chi connectivity index (χ3n) is 2.78.